The third-order valence-corrected chi connectivity index (χ3v) is 3.01. The molecule has 0 aliphatic carbocycles. The highest BCUT2D eigenvalue weighted by atomic mass is 33.1. The summed E-state index contributed by atoms with van der Waals surface area (Å²) in [6, 6.07) is 7.88. The van der Waals surface area contributed by atoms with E-state index in [1.165, 1.54) is 10.8 Å². The summed E-state index contributed by atoms with van der Waals surface area (Å²) in [7, 11) is 1.41. The Morgan fingerprint density at radius 2 is 1.67 bits per heavy atom. The molecular weight excluding hydrogens is 226 g/mol. The van der Waals surface area contributed by atoms with Gasteiger partial charge in [-0.05, 0) is 12.1 Å². The molecule has 0 amide bonds. The molecule has 0 aliphatic rings. The van der Waals surface area contributed by atoms with E-state index in [1.54, 1.807) is 12.4 Å². The van der Waals surface area contributed by atoms with Gasteiger partial charge < -0.3 is 5.73 Å². The molecule has 2 N–H and O–H groups in total. The Bertz CT molecular complexity index is 439. The van der Waals surface area contributed by atoms with E-state index >= 15 is 0 Å². The number of thiol groups is 1. The average molecular weight is 235 g/mol. The van der Waals surface area contributed by atoms with Crippen LogP contribution in [0.15, 0.2) is 41.6 Å². The topological polar surface area (TPSA) is 51.8 Å². The van der Waals surface area contributed by atoms with Crippen molar-refractivity contribution >= 4 is 28.1 Å². The van der Waals surface area contributed by atoms with Crippen molar-refractivity contribution in [1.82, 2.24) is 9.97 Å². The van der Waals surface area contributed by atoms with Crippen molar-refractivity contribution < 1.29 is 0 Å². The van der Waals surface area contributed by atoms with Crippen molar-refractivity contribution in [2.45, 2.75) is 4.90 Å². The lowest BCUT2D eigenvalue weighted by Gasteiger charge is -2.00. The highest BCUT2D eigenvalue weighted by molar-refractivity contribution is 8.68. The molecule has 0 bridgehead atoms. The summed E-state index contributed by atoms with van der Waals surface area (Å²) in [6.07, 6.45) is 3.20. The normalized spacial score (nSPS) is 10.2. The molecule has 0 saturated carbocycles. The number of aromatic nitrogens is 2. The molecule has 0 unspecified atom stereocenters. The molecule has 76 valence electrons. The number of nitrogens with zero attached hydrogens (tertiary/aromatic N) is 2. The second kappa shape index (κ2) is 4.55. The maximum atomic E-state index is 5.51. The smallest absolute Gasteiger partial charge is 0.159 e. The Kier molecular flexibility index (Phi) is 3.13. The van der Waals surface area contributed by atoms with Crippen molar-refractivity contribution in [2.75, 3.05) is 5.73 Å². The molecule has 0 radical (unpaired) electrons. The lowest BCUT2D eigenvalue weighted by molar-refractivity contribution is 1.18. The molecular formula is C10H9N3S2. The van der Waals surface area contributed by atoms with Crippen molar-refractivity contribution in [3.63, 3.8) is 0 Å². The zero-order valence-corrected chi connectivity index (χ0v) is 9.50. The van der Waals surface area contributed by atoms with E-state index in [4.69, 9.17) is 5.73 Å². The Hall–Kier alpha value is -1.20. The molecule has 0 saturated heterocycles. The van der Waals surface area contributed by atoms with Crippen molar-refractivity contribution in [3.8, 4) is 11.4 Å². The molecule has 2 rings (SSSR count). The molecule has 2 aromatic rings. The quantitative estimate of drug-likeness (QED) is 0.620. The monoisotopic (exact) mass is 235 g/mol. The van der Waals surface area contributed by atoms with Crippen molar-refractivity contribution in [3.05, 3.63) is 36.7 Å². The van der Waals surface area contributed by atoms with Gasteiger partial charge in [-0.3, -0.25) is 0 Å². The number of anilines is 1. The van der Waals surface area contributed by atoms with E-state index < -0.39 is 0 Å². The van der Waals surface area contributed by atoms with Crippen LogP contribution in [-0.4, -0.2) is 9.97 Å². The minimum absolute atomic E-state index is 0.571. The van der Waals surface area contributed by atoms with Crippen molar-refractivity contribution in [1.29, 1.82) is 0 Å². The predicted octanol–water partition coefficient (Wildman–Crippen LogP) is 2.66. The number of hydrogen-bond acceptors (Lipinski definition) is 5. The second-order valence-electron chi connectivity index (χ2n) is 2.96. The molecule has 1 aromatic heterocycles. The van der Waals surface area contributed by atoms with E-state index in [1.807, 2.05) is 24.3 Å². The number of nitrogen functional groups attached to an aromatic ring is 1. The maximum absolute atomic E-state index is 5.51. The van der Waals surface area contributed by atoms with Gasteiger partial charge in [0.25, 0.3) is 0 Å². The second-order valence-corrected chi connectivity index (χ2v) is 4.16. The first kappa shape index (κ1) is 10.3. The zero-order valence-electron chi connectivity index (χ0n) is 7.79. The first-order chi connectivity index (χ1) is 7.29. The number of benzene rings is 1. The summed E-state index contributed by atoms with van der Waals surface area (Å²) in [5, 5.41) is 0. The lowest BCUT2D eigenvalue weighted by Crippen LogP contribution is -1.91. The number of nitrogens with two attached hydrogens (primary N) is 1. The fourth-order valence-electron chi connectivity index (χ4n) is 1.15. The van der Waals surface area contributed by atoms with Crippen LogP contribution in [0.1, 0.15) is 0 Å². The fraction of sp³-hybridized carbons (Fsp3) is 0. The Morgan fingerprint density at radius 3 is 2.20 bits per heavy atom. The highest BCUT2D eigenvalue weighted by Crippen LogP contribution is 2.24. The summed E-state index contributed by atoms with van der Waals surface area (Å²) in [5.41, 5.74) is 7.06. The number of hydrogen-bond donors (Lipinski definition) is 2. The third kappa shape index (κ3) is 2.43. The van der Waals surface area contributed by atoms with Crippen molar-refractivity contribution in [2.24, 2.45) is 0 Å². The molecule has 1 heterocycles. The molecule has 5 heteroatoms. The lowest BCUT2D eigenvalue weighted by atomic mass is 10.2. The van der Waals surface area contributed by atoms with Crippen LogP contribution in [0.25, 0.3) is 11.4 Å². The van der Waals surface area contributed by atoms with E-state index in [0.717, 1.165) is 10.5 Å². The molecule has 0 aliphatic heterocycles. The van der Waals surface area contributed by atoms with Crippen LogP contribution >= 0.6 is 22.5 Å². The van der Waals surface area contributed by atoms with Gasteiger partial charge in [0, 0.05) is 10.5 Å². The minimum atomic E-state index is 0.571. The summed E-state index contributed by atoms with van der Waals surface area (Å²) < 4.78 is 0. The molecule has 1 aromatic carbocycles. The number of rotatable bonds is 2. The van der Waals surface area contributed by atoms with Crippen LogP contribution in [-0.2, 0) is 0 Å². The van der Waals surface area contributed by atoms with Crippen LogP contribution in [0, 0.1) is 0 Å². The molecule has 0 fully saturated rings. The van der Waals surface area contributed by atoms with Gasteiger partial charge >= 0.3 is 0 Å². The zero-order chi connectivity index (χ0) is 10.7. The summed E-state index contributed by atoms with van der Waals surface area (Å²) >= 11 is 4.11. The van der Waals surface area contributed by atoms with Crippen LogP contribution in [0.4, 0.5) is 5.69 Å². The van der Waals surface area contributed by atoms with E-state index in [2.05, 4.69) is 21.6 Å². The van der Waals surface area contributed by atoms with Crippen LogP contribution in [0.3, 0.4) is 0 Å². The summed E-state index contributed by atoms with van der Waals surface area (Å²) in [5.74, 6) is 0.680. The SMILES string of the molecule is Nc1cnc(-c2ccc(SS)cc2)nc1. The van der Waals surface area contributed by atoms with E-state index in [9.17, 15) is 0 Å². The van der Waals surface area contributed by atoms with Gasteiger partial charge in [0.05, 0.1) is 18.1 Å². The van der Waals surface area contributed by atoms with Gasteiger partial charge in [0.2, 0.25) is 0 Å². The van der Waals surface area contributed by atoms with Crippen LogP contribution in [0.2, 0.25) is 0 Å². The summed E-state index contributed by atoms with van der Waals surface area (Å²) in [4.78, 5) is 9.38. The van der Waals surface area contributed by atoms with Crippen LogP contribution < -0.4 is 5.73 Å². The molecule has 0 spiro atoms. The Morgan fingerprint density at radius 1 is 1.07 bits per heavy atom. The largest absolute Gasteiger partial charge is 0.396 e. The molecule has 15 heavy (non-hydrogen) atoms. The minimum Gasteiger partial charge on any atom is -0.396 e. The third-order valence-electron chi connectivity index (χ3n) is 1.89. The fourth-order valence-corrected chi connectivity index (χ4v) is 1.77. The predicted molar refractivity (Wildman–Crippen MR) is 66.7 cm³/mol. The Labute approximate surface area is 96.9 Å². The standard InChI is InChI=1S/C10H9N3S2/c11-8-5-12-10(13-6-8)7-1-3-9(15-14)4-2-7/h1-6,14H,11H2. The van der Waals surface area contributed by atoms with E-state index in [0.29, 0.717) is 11.5 Å². The Balaban J connectivity index is 2.33. The first-order valence-electron chi connectivity index (χ1n) is 4.29. The average Bonchev–Trinajstić information content (AvgIpc) is 2.30. The van der Waals surface area contributed by atoms with Gasteiger partial charge in [0.15, 0.2) is 5.82 Å². The molecule has 3 nitrogen and oxygen atoms in total. The summed E-state index contributed by atoms with van der Waals surface area (Å²) in [6.45, 7) is 0. The van der Waals surface area contributed by atoms with Gasteiger partial charge in [-0.25, -0.2) is 9.97 Å². The van der Waals surface area contributed by atoms with Crippen LogP contribution in [0.5, 0.6) is 0 Å². The highest BCUT2D eigenvalue weighted by Gasteiger charge is 2.00. The van der Waals surface area contributed by atoms with Gasteiger partial charge in [-0.1, -0.05) is 22.9 Å². The van der Waals surface area contributed by atoms with Gasteiger partial charge in [0.1, 0.15) is 0 Å². The van der Waals surface area contributed by atoms with E-state index in [-0.39, 0.29) is 0 Å². The molecule has 0 atom stereocenters. The first-order valence-corrected chi connectivity index (χ1v) is 6.16. The van der Waals surface area contributed by atoms with Gasteiger partial charge in [-0.2, -0.15) is 0 Å². The van der Waals surface area contributed by atoms with Gasteiger partial charge in [-0.15, -0.1) is 11.7 Å². The maximum Gasteiger partial charge on any atom is 0.159 e.